The fourth-order valence-corrected chi connectivity index (χ4v) is 2.83. The number of hydrogen-bond donors (Lipinski definition) is 1. The molecule has 1 aliphatic heterocycles. The molecule has 108 valence electrons. The van der Waals surface area contributed by atoms with Gasteiger partial charge in [0, 0.05) is 38.6 Å². The lowest BCUT2D eigenvalue weighted by atomic mass is 10.0. The highest BCUT2D eigenvalue weighted by molar-refractivity contribution is 5.02. The molecule has 2 aromatic heterocycles. The predicted octanol–water partition coefficient (Wildman–Crippen LogP) is 0.131. The van der Waals surface area contributed by atoms with Gasteiger partial charge in [-0.25, -0.2) is 4.68 Å². The minimum absolute atomic E-state index is 0.497. The van der Waals surface area contributed by atoms with Gasteiger partial charge in [0.2, 0.25) is 0 Å². The first kappa shape index (κ1) is 13.3. The Balaban J connectivity index is 1.61. The van der Waals surface area contributed by atoms with Crippen LogP contribution in [0.3, 0.4) is 0 Å². The first-order valence-electron chi connectivity index (χ1n) is 6.98. The van der Waals surface area contributed by atoms with Crippen LogP contribution in [0.25, 0.3) is 0 Å². The summed E-state index contributed by atoms with van der Waals surface area (Å²) in [4.78, 5) is 2.26. The molecule has 1 unspecified atom stereocenters. The largest absolute Gasteiger partial charge is 0.387 e. The zero-order valence-electron chi connectivity index (χ0n) is 11.7. The molecule has 3 rings (SSSR count). The molecule has 0 spiro atoms. The SMILES string of the molecule is CCn1nccc1CN1CCC(O)(Cn2ccnn2)C1. The molecule has 0 aromatic carbocycles. The van der Waals surface area contributed by atoms with Crippen molar-refractivity contribution < 1.29 is 5.11 Å². The summed E-state index contributed by atoms with van der Waals surface area (Å²) < 4.78 is 3.69. The average Bonchev–Trinajstić information content (AvgIpc) is 3.13. The highest BCUT2D eigenvalue weighted by atomic mass is 16.3. The van der Waals surface area contributed by atoms with Gasteiger partial charge < -0.3 is 5.11 Å². The number of nitrogens with zero attached hydrogens (tertiary/aromatic N) is 6. The van der Waals surface area contributed by atoms with Crippen molar-refractivity contribution in [2.75, 3.05) is 13.1 Å². The van der Waals surface area contributed by atoms with Crippen LogP contribution >= 0.6 is 0 Å². The van der Waals surface area contributed by atoms with Gasteiger partial charge in [0.25, 0.3) is 0 Å². The first-order valence-corrected chi connectivity index (χ1v) is 6.98. The minimum Gasteiger partial charge on any atom is -0.387 e. The Morgan fingerprint density at radius 3 is 3.05 bits per heavy atom. The van der Waals surface area contributed by atoms with E-state index in [1.54, 1.807) is 17.1 Å². The molecule has 1 fully saturated rings. The van der Waals surface area contributed by atoms with Gasteiger partial charge in [0.05, 0.1) is 24.0 Å². The molecule has 0 bridgehead atoms. The van der Waals surface area contributed by atoms with Gasteiger partial charge in [-0.1, -0.05) is 5.21 Å². The second-order valence-electron chi connectivity index (χ2n) is 5.42. The van der Waals surface area contributed by atoms with Crippen molar-refractivity contribution in [1.82, 2.24) is 29.7 Å². The molecule has 1 atom stereocenters. The van der Waals surface area contributed by atoms with E-state index in [4.69, 9.17) is 0 Å². The van der Waals surface area contributed by atoms with Crippen molar-refractivity contribution in [1.29, 1.82) is 0 Å². The second kappa shape index (κ2) is 5.34. The van der Waals surface area contributed by atoms with E-state index < -0.39 is 5.60 Å². The fourth-order valence-electron chi connectivity index (χ4n) is 2.83. The third-order valence-electron chi connectivity index (χ3n) is 3.83. The lowest BCUT2D eigenvalue weighted by Crippen LogP contribution is -2.37. The predicted molar refractivity (Wildman–Crippen MR) is 72.8 cm³/mol. The molecule has 7 heteroatoms. The number of aromatic nitrogens is 5. The molecule has 20 heavy (non-hydrogen) atoms. The number of hydrogen-bond acceptors (Lipinski definition) is 5. The number of β-amino-alcohol motifs (C(OH)–C–C–N with tert-alkyl or cyclic N) is 1. The Morgan fingerprint density at radius 1 is 1.40 bits per heavy atom. The fraction of sp³-hybridized carbons (Fsp3) is 0.615. The molecule has 3 heterocycles. The maximum absolute atomic E-state index is 10.6. The smallest absolute Gasteiger partial charge is 0.0981 e. The van der Waals surface area contributed by atoms with Gasteiger partial charge in [-0.15, -0.1) is 5.10 Å². The van der Waals surface area contributed by atoms with E-state index in [0.29, 0.717) is 13.1 Å². The van der Waals surface area contributed by atoms with Crippen molar-refractivity contribution in [2.45, 2.75) is 38.6 Å². The van der Waals surface area contributed by atoms with Crippen LogP contribution in [0.4, 0.5) is 0 Å². The van der Waals surface area contributed by atoms with Crippen LogP contribution in [-0.4, -0.2) is 53.5 Å². The second-order valence-corrected chi connectivity index (χ2v) is 5.42. The number of rotatable bonds is 5. The maximum Gasteiger partial charge on any atom is 0.0981 e. The van der Waals surface area contributed by atoms with Crippen LogP contribution in [0.15, 0.2) is 24.7 Å². The Bertz CT molecular complexity index is 551. The quantitative estimate of drug-likeness (QED) is 0.840. The molecule has 0 radical (unpaired) electrons. The van der Waals surface area contributed by atoms with Crippen molar-refractivity contribution >= 4 is 0 Å². The van der Waals surface area contributed by atoms with E-state index in [1.807, 2.05) is 16.9 Å². The standard InChI is InChI=1S/C13H20N6O/c1-2-19-12(3-5-15-19)9-17-7-4-13(20,10-17)11-18-8-6-14-16-18/h3,5-6,8,20H,2,4,7,9-11H2,1H3. The van der Waals surface area contributed by atoms with Crippen LogP contribution < -0.4 is 0 Å². The number of aliphatic hydroxyl groups is 1. The molecular formula is C13H20N6O. The molecule has 7 nitrogen and oxygen atoms in total. The Morgan fingerprint density at radius 2 is 2.30 bits per heavy atom. The summed E-state index contributed by atoms with van der Waals surface area (Å²) in [6.45, 7) is 5.83. The summed E-state index contributed by atoms with van der Waals surface area (Å²) in [6, 6.07) is 2.04. The van der Waals surface area contributed by atoms with Crippen LogP contribution in [0.1, 0.15) is 19.0 Å². The van der Waals surface area contributed by atoms with Crippen LogP contribution in [0.5, 0.6) is 0 Å². The van der Waals surface area contributed by atoms with E-state index in [1.165, 1.54) is 5.69 Å². The molecule has 1 N–H and O–H groups in total. The summed E-state index contributed by atoms with van der Waals surface area (Å²) in [5.74, 6) is 0. The zero-order valence-corrected chi connectivity index (χ0v) is 11.7. The van der Waals surface area contributed by atoms with Gasteiger partial charge in [0.1, 0.15) is 0 Å². The first-order chi connectivity index (χ1) is 9.68. The molecule has 0 amide bonds. The summed E-state index contributed by atoms with van der Waals surface area (Å²) in [5.41, 5.74) is 0.475. The van der Waals surface area contributed by atoms with Gasteiger partial charge in [-0.05, 0) is 19.4 Å². The van der Waals surface area contributed by atoms with E-state index in [-0.39, 0.29) is 0 Å². The zero-order chi connectivity index (χ0) is 14.0. The van der Waals surface area contributed by atoms with Crippen molar-refractivity contribution in [3.05, 3.63) is 30.4 Å². The third kappa shape index (κ3) is 2.73. The van der Waals surface area contributed by atoms with Crippen LogP contribution in [-0.2, 0) is 19.6 Å². The van der Waals surface area contributed by atoms with Crippen LogP contribution in [0.2, 0.25) is 0 Å². The van der Waals surface area contributed by atoms with E-state index >= 15 is 0 Å². The summed E-state index contributed by atoms with van der Waals surface area (Å²) in [7, 11) is 0. The van der Waals surface area contributed by atoms with Gasteiger partial charge in [-0.2, -0.15) is 5.10 Å². The highest BCUT2D eigenvalue weighted by Gasteiger charge is 2.36. The van der Waals surface area contributed by atoms with Crippen molar-refractivity contribution in [2.24, 2.45) is 0 Å². The Hall–Kier alpha value is -1.73. The molecule has 1 aliphatic rings. The monoisotopic (exact) mass is 276 g/mol. The van der Waals surface area contributed by atoms with Gasteiger partial charge in [-0.3, -0.25) is 9.58 Å². The minimum atomic E-state index is -0.717. The lowest BCUT2D eigenvalue weighted by molar-refractivity contribution is 0.0272. The van der Waals surface area contributed by atoms with E-state index in [9.17, 15) is 5.11 Å². The molecule has 2 aromatic rings. The van der Waals surface area contributed by atoms with Crippen molar-refractivity contribution in [3.63, 3.8) is 0 Å². The normalized spacial score (nSPS) is 23.5. The summed E-state index contributed by atoms with van der Waals surface area (Å²) in [6.07, 6.45) is 6.01. The van der Waals surface area contributed by atoms with E-state index in [0.717, 1.165) is 26.1 Å². The molecule has 0 aliphatic carbocycles. The number of likely N-dealkylation sites (tertiary alicyclic amines) is 1. The summed E-state index contributed by atoms with van der Waals surface area (Å²) in [5, 5.41) is 22.6. The topological polar surface area (TPSA) is 72.0 Å². The van der Waals surface area contributed by atoms with Crippen LogP contribution in [0, 0.1) is 0 Å². The van der Waals surface area contributed by atoms with Gasteiger partial charge in [0.15, 0.2) is 0 Å². The molecule has 0 saturated carbocycles. The van der Waals surface area contributed by atoms with Gasteiger partial charge >= 0.3 is 0 Å². The third-order valence-corrected chi connectivity index (χ3v) is 3.83. The summed E-state index contributed by atoms with van der Waals surface area (Å²) >= 11 is 0. The average molecular weight is 276 g/mol. The number of aryl methyl sites for hydroxylation is 1. The van der Waals surface area contributed by atoms with E-state index in [2.05, 4.69) is 27.2 Å². The lowest BCUT2D eigenvalue weighted by Gasteiger charge is -2.23. The highest BCUT2D eigenvalue weighted by Crippen LogP contribution is 2.24. The Labute approximate surface area is 117 Å². The molecular weight excluding hydrogens is 256 g/mol. The maximum atomic E-state index is 10.6. The Kier molecular flexibility index (Phi) is 3.54. The molecule has 1 saturated heterocycles. The van der Waals surface area contributed by atoms with Crippen molar-refractivity contribution in [3.8, 4) is 0 Å².